The molecule has 2 aromatic rings. The summed E-state index contributed by atoms with van der Waals surface area (Å²) in [4.78, 5) is 10.2. The van der Waals surface area contributed by atoms with Gasteiger partial charge < -0.3 is 4.90 Å². The van der Waals surface area contributed by atoms with Crippen LogP contribution < -0.4 is 4.90 Å². The maximum absolute atomic E-state index is 8.81. The molecule has 0 amide bonds. The van der Waals surface area contributed by atoms with Gasteiger partial charge in [-0.2, -0.15) is 5.26 Å². The summed E-state index contributed by atoms with van der Waals surface area (Å²) in [6, 6.07) is 12.1. The van der Waals surface area contributed by atoms with Gasteiger partial charge in [-0.3, -0.25) is 0 Å². The van der Waals surface area contributed by atoms with E-state index in [4.69, 9.17) is 5.26 Å². The number of hydrogen-bond acceptors (Lipinski definition) is 4. The van der Waals surface area contributed by atoms with Gasteiger partial charge in [-0.25, -0.2) is 9.97 Å². The Morgan fingerprint density at radius 2 is 2.12 bits per heavy atom. The summed E-state index contributed by atoms with van der Waals surface area (Å²) in [6.45, 7) is 0.904. The van der Waals surface area contributed by atoms with Crippen LogP contribution in [0.25, 0.3) is 0 Å². The fourth-order valence-corrected chi connectivity index (χ4v) is 2.13. The molecule has 0 aliphatic carbocycles. The quantitative estimate of drug-likeness (QED) is 0.741. The van der Waals surface area contributed by atoms with E-state index in [1.807, 2.05) is 24.3 Å². The van der Waals surface area contributed by atoms with Gasteiger partial charge in [0.2, 0.25) is 5.82 Å². The van der Waals surface area contributed by atoms with Crippen molar-refractivity contribution in [1.82, 2.24) is 9.97 Å². The van der Waals surface area contributed by atoms with Crippen molar-refractivity contribution in [3.05, 3.63) is 47.9 Å². The normalized spacial score (nSPS) is 13.2. The molecule has 2 heterocycles. The van der Waals surface area contributed by atoms with Crippen molar-refractivity contribution in [2.75, 3.05) is 11.4 Å². The van der Waals surface area contributed by atoms with E-state index in [1.165, 1.54) is 11.3 Å². The third-order valence-electron chi connectivity index (χ3n) is 2.90. The van der Waals surface area contributed by atoms with Crippen molar-refractivity contribution in [2.45, 2.75) is 6.42 Å². The minimum Gasteiger partial charge on any atom is -0.326 e. The van der Waals surface area contributed by atoms with E-state index in [1.54, 1.807) is 6.20 Å². The van der Waals surface area contributed by atoms with Gasteiger partial charge in [0.25, 0.3) is 0 Å². The van der Waals surface area contributed by atoms with E-state index >= 15 is 0 Å². The summed E-state index contributed by atoms with van der Waals surface area (Å²) in [6.07, 6.45) is 2.64. The van der Waals surface area contributed by atoms with E-state index < -0.39 is 0 Å². The lowest BCUT2D eigenvalue weighted by atomic mass is 10.2. The summed E-state index contributed by atoms with van der Waals surface area (Å²) in [5, 5.41) is 8.81. The van der Waals surface area contributed by atoms with Gasteiger partial charge in [0.1, 0.15) is 11.9 Å². The summed E-state index contributed by atoms with van der Waals surface area (Å²) in [5.41, 5.74) is 2.50. The lowest BCUT2D eigenvalue weighted by molar-refractivity contribution is 0.957. The number of hydrogen-bond donors (Lipinski definition) is 0. The Kier molecular flexibility index (Phi) is 2.23. The monoisotopic (exact) mass is 222 g/mol. The van der Waals surface area contributed by atoms with E-state index in [-0.39, 0.29) is 5.82 Å². The molecule has 0 unspecified atom stereocenters. The first-order valence-corrected chi connectivity index (χ1v) is 5.47. The van der Waals surface area contributed by atoms with Crippen molar-refractivity contribution < 1.29 is 0 Å². The number of nitrogens with zero attached hydrogens (tertiary/aromatic N) is 4. The molecule has 0 radical (unpaired) electrons. The Morgan fingerprint density at radius 3 is 3.00 bits per heavy atom. The van der Waals surface area contributed by atoms with Crippen molar-refractivity contribution in [3.63, 3.8) is 0 Å². The first-order chi connectivity index (χ1) is 8.38. The van der Waals surface area contributed by atoms with Gasteiger partial charge in [-0.05, 0) is 24.1 Å². The number of fused-ring (bicyclic) bond motifs is 1. The van der Waals surface area contributed by atoms with Crippen LogP contribution >= 0.6 is 0 Å². The highest BCUT2D eigenvalue weighted by Gasteiger charge is 2.20. The topological polar surface area (TPSA) is 52.8 Å². The average molecular weight is 222 g/mol. The molecule has 4 nitrogen and oxygen atoms in total. The van der Waals surface area contributed by atoms with Crippen LogP contribution in [0, 0.1) is 11.3 Å². The maximum atomic E-state index is 8.81. The molecule has 1 aromatic carbocycles. The van der Waals surface area contributed by atoms with Crippen LogP contribution in [-0.4, -0.2) is 16.5 Å². The van der Waals surface area contributed by atoms with Gasteiger partial charge in [-0.1, -0.05) is 18.2 Å². The third-order valence-corrected chi connectivity index (χ3v) is 2.90. The number of rotatable bonds is 1. The van der Waals surface area contributed by atoms with Gasteiger partial charge >= 0.3 is 0 Å². The molecule has 0 saturated carbocycles. The fraction of sp³-hybridized carbons (Fsp3) is 0.154. The molecule has 0 N–H and O–H groups in total. The summed E-state index contributed by atoms with van der Waals surface area (Å²) >= 11 is 0. The molecule has 3 rings (SSSR count). The molecule has 0 bridgehead atoms. The van der Waals surface area contributed by atoms with Crippen LogP contribution in [0.3, 0.4) is 0 Å². The van der Waals surface area contributed by atoms with E-state index in [0.29, 0.717) is 0 Å². The number of para-hydroxylation sites is 1. The largest absolute Gasteiger partial charge is 0.326 e. The Hall–Kier alpha value is -2.41. The summed E-state index contributed by atoms with van der Waals surface area (Å²) in [5.74, 6) is 1.01. The highest BCUT2D eigenvalue weighted by atomic mass is 15.2. The first-order valence-electron chi connectivity index (χ1n) is 5.47. The van der Waals surface area contributed by atoms with Crippen LogP contribution in [0.4, 0.5) is 11.5 Å². The zero-order chi connectivity index (χ0) is 11.7. The summed E-state index contributed by atoms with van der Waals surface area (Å²) in [7, 11) is 0. The van der Waals surface area contributed by atoms with Gasteiger partial charge in [0.15, 0.2) is 0 Å². The average Bonchev–Trinajstić information content (AvgIpc) is 2.82. The minimum atomic E-state index is 0.215. The second-order valence-corrected chi connectivity index (χ2v) is 3.88. The van der Waals surface area contributed by atoms with Crippen LogP contribution in [0.15, 0.2) is 36.5 Å². The van der Waals surface area contributed by atoms with Crippen molar-refractivity contribution >= 4 is 11.5 Å². The summed E-state index contributed by atoms with van der Waals surface area (Å²) < 4.78 is 0. The number of anilines is 2. The van der Waals surface area contributed by atoms with Gasteiger partial charge in [-0.15, -0.1) is 0 Å². The van der Waals surface area contributed by atoms with Crippen molar-refractivity contribution in [2.24, 2.45) is 0 Å². The van der Waals surface area contributed by atoms with Gasteiger partial charge in [0.05, 0.1) is 0 Å². The van der Waals surface area contributed by atoms with Crippen LogP contribution in [0.1, 0.15) is 11.4 Å². The van der Waals surface area contributed by atoms with E-state index in [0.717, 1.165) is 18.8 Å². The van der Waals surface area contributed by atoms with Gasteiger partial charge in [0, 0.05) is 18.4 Å². The third kappa shape index (κ3) is 1.62. The highest BCUT2D eigenvalue weighted by Crippen LogP contribution is 2.32. The SMILES string of the molecule is N#Cc1nccc(N2CCc3ccccc32)n1. The lowest BCUT2D eigenvalue weighted by Gasteiger charge is -2.17. The van der Waals surface area contributed by atoms with E-state index in [2.05, 4.69) is 27.0 Å². The molecule has 0 fully saturated rings. The molecule has 82 valence electrons. The molecule has 0 saturated heterocycles. The molecular formula is C13H10N4. The molecule has 1 aromatic heterocycles. The smallest absolute Gasteiger partial charge is 0.234 e. The maximum Gasteiger partial charge on any atom is 0.234 e. The van der Waals surface area contributed by atoms with Crippen molar-refractivity contribution in [3.8, 4) is 6.07 Å². The molecule has 4 heteroatoms. The standard InChI is InChI=1S/C13H10N4/c14-9-12-15-7-5-13(16-12)17-8-6-10-3-1-2-4-11(10)17/h1-5,7H,6,8H2. The Labute approximate surface area is 99.2 Å². The Bertz CT molecular complexity index is 600. The molecule has 1 aliphatic rings. The highest BCUT2D eigenvalue weighted by molar-refractivity contribution is 5.67. The second-order valence-electron chi connectivity index (χ2n) is 3.88. The number of aromatic nitrogens is 2. The minimum absolute atomic E-state index is 0.215. The Balaban J connectivity index is 2.04. The van der Waals surface area contributed by atoms with Crippen LogP contribution in [0.2, 0.25) is 0 Å². The molecule has 17 heavy (non-hydrogen) atoms. The van der Waals surface area contributed by atoms with Crippen LogP contribution in [-0.2, 0) is 6.42 Å². The zero-order valence-corrected chi connectivity index (χ0v) is 9.17. The molecule has 0 atom stereocenters. The number of benzene rings is 1. The van der Waals surface area contributed by atoms with Crippen LogP contribution in [0.5, 0.6) is 0 Å². The lowest BCUT2D eigenvalue weighted by Crippen LogP contribution is -2.15. The van der Waals surface area contributed by atoms with E-state index in [9.17, 15) is 0 Å². The predicted octanol–water partition coefficient (Wildman–Crippen LogP) is 2.04. The second kappa shape index (κ2) is 3.87. The predicted molar refractivity (Wildman–Crippen MR) is 63.9 cm³/mol. The first kappa shape index (κ1) is 9.79. The fourth-order valence-electron chi connectivity index (χ4n) is 2.13. The molecule has 0 spiro atoms. The Morgan fingerprint density at radius 1 is 1.24 bits per heavy atom. The molecular weight excluding hydrogens is 212 g/mol. The zero-order valence-electron chi connectivity index (χ0n) is 9.17. The molecule has 1 aliphatic heterocycles. The van der Waals surface area contributed by atoms with Crippen molar-refractivity contribution in [1.29, 1.82) is 5.26 Å². The number of nitriles is 1.